The highest BCUT2D eigenvalue weighted by atomic mass is 32.2. The molecule has 0 amide bonds. The molecule has 116 valence electrons. The number of nitrogens with one attached hydrogen (secondary N) is 1. The maximum atomic E-state index is 12.1. The van der Waals surface area contributed by atoms with E-state index >= 15 is 0 Å². The van der Waals surface area contributed by atoms with Crippen LogP contribution >= 0.6 is 0 Å². The van der Waals surface area contributed by atoms with Gasteiger partial charge in [0, 0.05) is 6.04 Å². The lowest BCUT2D eigenvalue weighted by Crippen LogP contribution is -2.39. The molecule has 1 aromatic carbocycles. The average Bonchev–Trinajstić information content (AvgIpc) is 2.47. The molecule has 1 fully saturated rings. The Balaban J connectivity index is 1.86. The molecular weight excluding hydrogens is 290 g/mol. The van der Waals surface area contributed by atoms with Gasteiger partial charge in [-0.15, -0.1) is 0 Å². The zero-order valence-electron chi connectivity index (χ0n) is 12.1. The number of carbonyl (C=O) groups is 1. The monoisotopic (exact) mass is 311 g/mol. The van der Waals surface area contributed by atoms with E-state index in [1.54, 1.807) is 12.1 Å². The average molecular weight is 311 g/mol. The third-order valence-electron chi connectivity index (χ3n) is 3.81. The second kappa shape index (κ2) is 7.04. The minimum Gasteiger partial charge on any atom is -0.469 e. The molecule has 1 aliphatic rings. The van der Waals surface area contributed by atoms with Crippen LogP contribution in [0.25, 0.3) is 0 Å². The van der Waals surface area contributed by atoms with Crippen molar-refractivity contribution >= 4 is 16.0 Å². The molecule has 0 aliphatic heterocycles. The largest absolute Gasteiger partial charge is 0.469 e. The molecule has 1 aromatic rings. The van der Waals surface area contributed by atoms with Crippen molar-refractivity contribution in [2.24, 2.45) is 5.92 Å². The molecule has 5 nitrogen and oxygen atoms in total. The summed E-state index contributed by atoms with van der Waals surface area (Å²) in [6.07, 6.45) is 2.69. The second-order valence-corrected chi connectivity index (χ2v) is 7.19. The number of methoxy groups -OCH3 is 1. The van der Waals surface area contributed by atoms with Gasteiger partial charge in [0.1, 0.15) is 0 Å². The van der Waals surface area contributed by atoms with Gasteiger partial charge in [-0.1, -0.05) is 30.3 Å². The smallest absolute Gasteiger partial charge is 0.308 e. The van der Waals surface area contributed by atoms with Gasteiger partial charge in [-0.25, -0.2) is 13.1 Å². The van der Waals surface area contributed by atoms with Gasteiger partial charge >= 0.3 is 5.97 Å². The van der Waals surface area contributed by atoms with Gasteiger partial charge in [0.2, 0.25) is 10.0 Å². The van der Waals surface area contributed by atoms with Crippen molar-refractivity contribution in [1.82, 2.24) is 4.72 Å². The molecule has 0 saturated heterocycles. The van der Waals surface area contributed by atoms with Crippen molar-refractivity contribution < 1.29 is 17.9 Å². The molecule has 2 rings (SSSR count). The molecule has 21 heavy (non-hydrogen) atoms. The number of sulfonamides is 1. The number of esters is 1. The van der Waals surface area contributed by atoms with E-state index in [0.717, 1.165) is 5.56 Å². The summed E-state index contributed by atoms with van der Waals surface area (Å²) in [6, 6.07) is 9.02. The topological polar surface area (TPSA) is 72.5 Å². The Labute approximate surface area is 125 Å². The Kier molecular flexibility index (Phi) is 5.36. The Morgan fingerprint density at radius 2 is 1.81 bits per heavy atom. The van der Waals surface area contributed by atoms with Crippen molar-refractivity contribution in [2.45, 2.75) is 37.5 Å². The quantitative estimate of drug-likeness (QED) is 0.842. The third-order valence-corrected chi connectivity index (χ3v) is 5.21. The second-order valence-electron chi connectivity index (χ2n) is 5.43. The Hall–Kier alpha value is -1.40. The fourth-order valence-corrected chi connectivity index (χ4v) is 4.16. The lowest BCUT2D eigenvalue weighted by atomic mass is 9.86. The van der Waals surface area contributed by atoms with Crippen molar-refractivity contribution in [1.29, 1.82) is 0 Å². The maximum Gasteiger partial charge on any atom is 0.308 e. The van der Waals surface area contributed by atoms with Gasteiger partial charge < -0.3 is 4.74 Å². The van der Waals surface area contributed by atoms with Gasteiger partial charge in [-0.3, -0.25) is 4.79 Å². The Morgan fingerprint density at radius 1 is 1.19 bits per heavy atom. The highest BCUT2D eigenvalue weighted by Gasteiger charge is 2.29. The molecule has 0 aromatic heterocycles. The first-order valence-corrected chi connectivity index (χ1v) is 8.77. The van der Waals surface area contributed by atoms with E-state index in [2.05, 4.69) is 4.72 Å². The van der Waals surface area contributed by atoms with E-state index in [-0.39, 0.29) is 23.7 Å². The normalized spacial score (nSPS) is 22.7. The van der Waals surface area contributed by atoms with Crippen LogP contribution in [0.4, 0.5) is 0 Å². The Morgan fingerprint density at radius 3 is 2.38 bits per heavy atom. The van der Waals surface area contributed by atoms with Crippen molar-refractivity contribution in [3.63, 3.8) is 0 Å². The van der Waals surface area contributed by atoms with Gasteiger partial charge in [0.05, 0.1) is 18.8 Å². The van der Waals surface area contributed by atoms with Crippen molar-refractivity contribution in [2.75, 3.05) is 7.11 Å². The van der Waals surface area contributed by atoms with Crippen LogP contribution in [0.15, 0.2) is 30.3 Å². The molecular formula is C15H21NO4S. The number of rotatable bonds is 5. The molecule has 0 heterocycles. The standard InChI is InChI=1S/C15H21NO4S/c1-20-15(17)13-7-9-14(10-8-13)16-21(18,19)11-12-5-3-2-4-6-12/h2-6,13-14,16H,7-11H2,1H3. The number of carbonyl (C=O) groups excluding carboxylic acids is 1. The lowest BCUT2D eigenvalue weighted by molar-refractivity contribution is -0.146. The number of hydrogen-bond donors (Lipinski definition) is 1. The molecule has 0 bridgehead atoms. The van der Waals surface area contributed by atoms with E-state index in [9.17, 15) is 13.2 Å². The van der Waals surface area contributed by atoms with Crippen LogP contribution in [-0.4, -0.2) is 27.5 Å². The molecule has 1 saturated carbocycles. The molecule has 1 N–H and O–H groups in total. The van der Waals surface area contributed by atoms with E-state index in [1.165, 1.54) is 7.11 Å². The fraction of sp³-hybridized carbons (Fsp3) is 0.533. The van der Waals surface area contributed by atoms with Crippen LogP contribution in [0.5, 0.6) is 0 Å². The summed E-state index contributed by atoms with van der Waals surface area (Å²) in [6.45, 7) is 0. The zero-order valence-corrected chi connectivity index (χ0v) is 12.9. The Bertz CT molecular complexity index is 563. The summed E-state index contributed by atoms with van der Waals surface area (Å²) >= 11 is 0. The van der Waals surface area contributed by atoms with Crippen LogP contribution in [0.2, 0.25) is 0 Å². The van der Waals surface area contributed by atoms with Crippen LogP contribution < -0.4 is 4.72 Å². The van der Waals surface area contributed by atoms with Gasteiger partial charge in [0.25, 0.3) is 0 Å². The van der Waals surface area contributed by atoms with E-state index in [1.807, 2.05) is 18.2 Å². The van der Waals surface area contributed by atoms with Crippen LogP contribution in [-0.2, 0) is 25.3 Å². The number of benzene rings is 1. The summed E-state index contributed by atoms with van der Waals surface area (Å²) in [4.78, 5) is 11.4. The lowest BCUT2D eigenvalue weighted by Gasteiger charge is -2.27. The van der Waals surface area contributed by atoms with Gasteiger partial charge in [0.15, 0.2) is 0 Å². The summed E-state index contributed by atoms with van der Waals surface area (Å²) < 4.78 is 31.7. The molecule has 0 spiro atoms. The summed E-state index contributed by atoms with van der Waals surface area (Å²) in [5.41, 5.74) is 0.772. The highest BCUT2D eigenvalue weighted by molar-refractivity contribution is 7.88. The first-order chi connectivity index (χ1) is 10.00. The number of ether oxygens (including phenoxy) is 1. The molecule has 0 unspecified atom stereocenters. The summed E-state index contributed by atoms with van der Waals surface area (Å²) in [5, 5.41) is 0. The first kappa shape index (κ1) is 16.0. The maximum absolute atomic E-state index is 12.1. The van der Waals surface area contributed by atoms with Crippen molar-refractivity contribution in [3.05, 3.63) is 35.9 Å². The van der Waals surface area contributed by atoms with E-state index in [4.69, 9.17) is 4.74 Å². The molecule has 0 atom stereocenters. The predicted molar refractivity (Wildman–Crippen MR) is 80.0 cm³/mol. The van der Waals surface area contributed by atoms with E-state index in [0.29, 0.717) is 25.7 Å². The molecule has 6 heteroatoms. The molecule has 0 radical (unpaired) electrons. The van der Waals surface area contributed by atoms with Crippen LogP contribution in [0, 0.1) is 5.92 Å². The SMILES string of the molecule is COC(=O)C1CCC(NS(=O)(=O)Cc2ccccc2)CC1. The first-order valence-electron chi connectivity index (χ1n) is 7.12. The third kappa shape index (κ3) is 4.82. The van der Waals surface area contributed by atoms with Crippen LogP contribution in [0.3, 0.4) is 0 Å². The van der Waals surface area contributed by atoms with Gasteiger partial charge in [-0.2, -0.15) is 0 Å². The predicted octanol–water partition coefficient (Wildman–Crippen LogP) is 1.84. The zero-order chi connectivity index (χ0) is 15.3. The minimum absolute atomic E-state index is 0.00916. The fourth-order valence-electron chi connectivity index (χ4n) is 2.70. The molecule has 1 aliphatic carbocycles. The highest BCUT2D eigenvalue weighted by Crippen LogP contribution is 2.25. The summed E-state index contributed by atoms with van der Waals surface area (Å²) in [7, 11) is -1.96. The van der Waals surface area contributed by atoms with E-state index < -0.39 is 10.0 Å². The van der Waals surface area contributed by atoms with Crippen molar-refractivity contribution in [3.8, 4) is 0 Å². The number of hydrogen-bond acceptors (Lipinski definition) is 4. The minimum atomic E-state index is -3.34. The van der Waals surface area contributed by atoms with Gasteiger partial charge in [-0.05, 0) is 31.2 Å². The van der Waals surface area contributed by atoms with Crippen LogP contribution in [0.1, 0.15) is 31.2 Å². The summed E-state index contributed by atoms with van der Waals surface area (Å²) in [5.74, 6) is -0.296.